The number of pyridine rings is 1. The summed E-state index contributed by atoms with van der Waals surface area (Å²) in [5.41, 5.74) is 12.6. The number of carbonyl (C=O) groups is 1. The Morgan fingerprint density at radius 3 is 2.29 bits per heavy atom. The standard InChI is InChI=1S/C22H23ClN4O4S.2ClH/c23-21-8-3-15(12-27-21)20(28)13-26-10-9-14-1-4-16(5-2-14)32(30,31)17-6-7-19(24)18(11-17)22(25)29;;/h1-8,11-12,20,26,28H,9-10,13,24H2,(H2,25,29);2*1H/t20-;;/m1../s1. The quantitative estimate of drug-likeness (QED) is 0.183. The lowest BCUT2D eigenvalue weighted by Gasteiger charge is -2.12. The second kappa shape index (κ2) is 12.9. The van der Waals surface area contributed by atoms with Crippen LogP contribution < -0.4 is 16.8 Å². The lowest BCUT2D eigenvalue weighted by molar-refractivity contribution is 0.100. The van der Waals surface area contributed by atoms with Crippen molar-refractivity contribution in [2.75, 3.05) is 18.8 Å². The number of carbonyl (C=O) groups excluding carboxylic acids is 1. The van der Waals surface area contributed by atoms with E-state index in [2.05, 4.69) is 10.3 Å². The van der Waals surface area contributed by atoms with Crippen LogP contribution in [0.15, 0.2) is 70.6 Å². The van der Waals surface area contributed by atoms with Crippen LogP contribution in [0, 0.1) is 0 Å². The molecular formula is C22H25Cl3N4O4S. The molecule has 2 aromatic carbocycles. The van der Waals surface area contributed by atoms with Crippen molar-refractivity contribution in [2.45, 2.75) is 22.3 Å². The Labute approximate surface area is 215 Å². The number of anilines is 1. The summed E-state index contributed by atoms with van der Waals surface area (Å²) in [5.74, 6) is -0.792. The first-order chi connectivity index (χ1) is 15.2. The Balaban J connectivity index is 0.00000289. The number of aliphatic hydroxyl groups excluding tert-OH is 1. The lowest BCUT2D eigenvalue weighted by atomic mass is 10.1. The first kappa shape index (κ1) is 29.6. The van der Waals surface area contributed by atoms with E-state index in [1.54, 1.807) is 24.3 Å². The minimum atomic E-state index is -3.83. The number of hydrogen-bond donors (Lipinski definition) is 4. The van der Waals surface area contributed by atoms with E-state index in [-0.39, 0.29) is 45.9 Å². The fourth-order valence-electron chi connectivity index (χ4n) is 3.06. The molecule has 0 radical (unpaired) electrons. The summed E-state index contributed by atoms with van der Waals surface area (Å²) < 4.78 is 25.8. The second-order valence-corrected chi connectivity index (χ2v) is 9.48. The van der Waals surface area contributed by atoms with E-state index in [0.29, 0.717) is 30.2 Å². The Morgan fingerprint density at radius 1 is 1.06 bits per heavy atom. The number of nitrogens with zero attached hydrogens (tertiary/aromatic N) is 1. The van der Waals surface area contributed by atoms with Crippen molar-refractivity contribution in [3.05, 3.63) is 82.6 Å². The molecule has 0 aliphatic carbocycles. The number of nitrogen functional groups attached to an aromatic ring is 1. The fourth-order valence-corrected chi connectivity index (χ4v) is 4.46. The van der Waals surface area contributed by atoms with E-state index in [1.807, 2.05) is 0 Å². The highest BCUT2D eigenvalue weighted by Gasteiger charge is 2.20. The topological polar surface area (TPSA) is 148 Å². The summed E-state index contributed by atoms with van der Waals surface area (Å²) >= 11 is 5.74. The molecule has 0 aliphatic heterocycles. The van der Waals surface area contributed by atoms with Gasteiger partial charge in [-0.25, -0.2) is 13.4 Å². The van der Waals surface area contributed by atoms with Gasteiger partial charge < -0.3 is 21.9 Å². The molecular weight excluding hydrogens is 523 g/mol. The first-order valence-corrected chi connectivity index (χ1v) is 11.6. The van der Waals surface area contributed by atoms with Crippen molar-refractivity contribution in [1.82, 2.24) is 10.3 Å². The third-order valence-electron chi connectivity index (χ3n) is 4.90. The molecule has 184 valence electrons. The largest absolute Gasteiger partial charge is 0.398 e. The van der Waals surface area contributed by atoms with Crippen molar-refractivity contribution >= 4 is 57.8 Å². The average Bonchev–Trinajstić information content (AvgIpc) is 2.77. The Morgan fingerprint density at radius 2 is 1.71 bits per heavy atom. The minimum Gasteiger partial charge on any atom is -0.398 e. The maximum atomic E-state index is 12.9. The summed E-state index contributed by atoms with van der Waals surface area (Å²) in [6, 6.07) is 13.7. The van der Waals surface area contributed by atoms with E-state index in [1.165, 1.54) is 36.5 Å². The average molecular weight is 548 g/mol. The van der Waals surface area contributed by atoms with Crippen molar-refractivity contribution in [3.8, 4) is 0 Å². The predicted octanol–water partition coefficient (Wildman–Crippen LogP) is 2.96. The van der Waals surface area contributed by atoms with Gasteiger partial charge in [0, 0.05) is 24.0 Å². The Bertz CT molecular complexity index is 1210. The van der Waals surface area contributed by atoms with E-state index in [9.17, 15) is 18.3 Å². The smallest absolute Gasteiger partial charge is 0.250 e. The second-order valence-electron chi connectivity index (χ2n) is 7.14. The van der Waals surface area contributed by atoms with Crippen molar-refractivity contribution in [1.29, 1.82) is 0 Å². The van der Waals surface area contributed by atoms with Gasteiger partial charge in [0.1, 0.15) is 5.15 Å². The zero-order valence-electron chi connectivity index (χ0n) is 17.8. The van der Waals surface area contributed by atoms with Crippen LogP contribution >= 0.6 is 36.4 Å². The molecule has 0 saturated heterocycles. The summed E-state index contributed by atoms with van der Waals surface area (Å²) in [5, 5.41) is 13.7. The van der Waals surface area contributed by atoms with Gasteiger partial charge in [0.25, 0.3) is 5.91 Å². The normalized spacial score (nSPS) is 11.7. The van der Waals surface area contributed by atoms with Gasteiger partial charge in [-0.2, -0.15) is 0 Å². The van der Waals surface area contributed by atoms with Crippen molar-refractivity contribution in [3.63, 3.8) is 0 Å². The predicted molar refractivity (Wildman–Crippen MR) is 137 cm³/mol. The minimum absolute atomic E-state index is 0. The fraction of sp³-hybridized carbons (Fsp3) is 0.182. The van der Waals surface area contributed by atoms with Gasteiger partial charge in [-0.3, -0.25) is 4.79 Å². The first-order valence-electron chi connectivity index (χ1n) is 9.72. The summed E-state index contributed by atoms with van der Waals surface area (Å²) in [6.45, 7) is 0.930. The summed E-state index contributed by atoms with van der Waals surface area (Å²) in [4.78, 5) is 15.4. The molecule has 3 aromatic rings. The van der Waals surface area contributed by atoms with Gasteiger partial charge in [-0.05, 0) is 54.9 Å². The van der Waals surface area contributed by atoms with E-state index in [4.69, 9.17) is 23.1 Å². The van der Waals surface area contributed by atoms with Crippen LogP contribution in [0.25, 0.3) is 0 Å². The third kappa shape index (κ3) is 7.30. The molecule has 0 spiro atoms. The van der Waals surface area contributed by atoms with Gasteiger partial charge in [0.15, 0.2) is 0 Å². The number of primary amides is 1. The molecule has 3 rings (SSSR count). The maximum absolute atomic E-state index is 12.9. The van der Waals surface area contributed by atoms with Gasteiger partial charge >= 0.3 is 0 Å². The molecule has 0 fully saturated rings. The molecule has 1 aromatic heterocycles. The molecule has 34 heavy (non-hydrogen) atoms. The van der Waals surface area contributed by atoms with Crippen LogP contribution in [0.1, 0.15) is 27.6 Å². The van der Waals surface area contributed by atoms with Gasteiger partial charge in [0.05, 0.1) is 21.5 Å². The summed E-state index contributed by atoms with van der Waals surface area (Å²) in [6.07, 6.45) is 1.46. The number of aliphatic hydroxyl groups is 1. The molecule has 0 saturated carbocycles. The van der Waals surface area contributed by atoms with E-state index >= 15 is 0 Å². The Hall–Kier alpha value is -2.40. The summed E-state index contributed by atoms with van der Waals surface area (Å²) in [7, 11) is -3.83. The van der Waals surface area contributed by atoms with E-state index in [0.717, 1.165) is 5.56 Å². The van der Waals surface area contributed by atoms with Crippen LogP contribution in [0.2, 0.25) is 5.15 Å². The number of rotatable bonds is 9. The number of aromatic nitrogens is 1. The maximum Gasteiger partial charge on any atom is 0.250 e. The molecule has 12 heteroatoms. The number of halogens is 3. The molecule has 1 atom stereocenters. The highest BCUT2D eigenvalue weighted by Crippen LogP contribution is 2.24. The number of nitrogens with two attached hydrogens (primary N) is 2. The molecule has 0 bridgehead atoms. The Kier molecular flexibility index (Phi) is 11.2. The number of sulfone groups is 1. The third-order valence-corrected chi connectivity index (χ3v) is 6.89. The number of amides is 1. The zero-order valence-corrected chi connectivity index (χ0v) is 21.1. The van der Waals surface area contributed by atoms with Gasteiger partial charge in [-0.15, -0.1) is 24.8 Å². The molecule has 0 unspecified atom stereocenters. The van der Waals surface area contributed by atoms with Crippen LogP contribution in [-0.2, 0) is 16.3 Å². The number of hydrogen-bond acceptors (Lipinski definition) is 7. The van der Waals surface area contributed by atoms with E-state index < -0.39 is 21.8 Å². The molecule has 1 heterocycles. The monoisotopic (exact) mass is 546 g/mol. The van der Waals surface area contributed by atoms with Crippen molar-refractivity contribution < 1.29 is 18.3 Å². The van der Waals surface area contributed by atoms with Crippen LogP contribution in [0.3, 0.4) is 0 Å². The molecule has 1 amide bonds. The molecule has 6 N–H and O–H groups in total. The van der Waals surface area contributed by atoms with Crippen LogP contribution in [0.5, 0.6) is 0 Å². The highest BCUT2D eigenvalue weighted by molar-refractivity contribution is 7.91. The van der Waals surface area contributed by atoms with Gasteiger partial charge in [0.2, 0.25) is 9.84 Å². The number of nitrogens with one attached hydrogen (secondary N) is 1. The zero-order chi connectivity index (χ0) is 23.3. The lowest BCUT2D eigenvalue weighted by Crippen LogP contribution is -2.23. The highest BCUT2D eigenvalue weighted by atomic mass is 35.5. The number of benzene rings is 2. The molecule has 8 nitrogen and oxygen atoms in total. The van der Waals surface area contributed by atoms with Crippen LogP contribution in [0.4, 0.5) is 5.69 Å². The SMILES string of the molecule is Cl.Cl.NC(=O)c1cc(S(=O)(=O)c2ccc(CCNC[C@@H](O)c3ccc(Cl)nc3)cc2)ccc1N. The van der Waals surface area contributed by atoms with Crippen LogP contribution in [-0.4, -0.2) is 37.5 Å². The van der Waals surface area contributed by atoms with Gasteiger partial charge in [-0.1, -0.05) is 29.8 Å². The van der Waals surface area contributed by atoms with Crippen molar-refractivity contribution in [2.24, 2.45) is 5.73 Å². The molecule has 0 aliphatic rings.